The fourth-order valence-corrected chi connectivity index (χ4v) is 4.25. The van der Waals surface area contributed by atoms with Crippen molar-refractivity contribution in [1.82, 2.24) is 4.90 Å². The highest BCUT2D eigenvalue weighted by Crippen LogP contribution is 2.39. The number of rotatable bonds is 3. The first kappa shape index (κ1) is 12.6. The Bertz CT molecular complexity index is 299. The van der Waals surface area contributed by atoms with Crippen molar-refractivity contribution in [2.24, 2.45) is 11.3 Å². The van der Waals surface area contributed by atoms with E-state index in [1.807, 2.05) is 0 Å². The second kappa shape index (κ2) is 5.30. The van der Waals surface area contributed by atoms with Gasteiger partial charge < -0.3 is 9.53 Å². The van der Waals surface area contributed by atoms with Gasteiger partial charge in [-0.25, -0.2) is 0 Å². The van der Waals surface area contributed by atoms with Crippen molar-refractivity contribution in [2.75, 3.05) is 26.3 Å². The summed E-state index contributed by atoms with van der Waals surface area (Å²) in [7, 11) is 0. The lowest BCUT2D eigenvalue weighted by atomic mass is 9.79. The van der Waals surface area contributed by atoms with Crippen LogP contribution in [0.25, 0.3) is 0 Å². The van der Waals surface area contributed by atoms with Gasteiger partial charge >= 0.3 is 0 Å². The average Bonchev–Trinajstić information content (AvgIpc) is 2.89. The van der Waals surface area contributed by atoms with Gasteiger partial charge in [-0.2, -0.15) is 0 Å². The van der Waals surface area contributed by atoms with Crippen molar-refractivity contribution in [1.29, 1.82) is 0 Å². The van der Waals surface area contributed by atoms with Gasteiger partial charge in [-0.05, 0) is 51.0 Å². The monoisotopic (exact) mass is 251 g/mol. The Morgan fingerprint density at radius 2 is 1.94 bits per heavy atom. The molecule has 0 aromatic rings. The largest absolute Gasteiger partial charge is 0.381 e. The zero-order chi connectivity index (χ0) is 12.4. The van der Waals surface area contributed by atoms with Crippen molar-refractivity contribution in [3.63, 3.8) is 0 Å². The first-order valence-electron chi connectivity index (χ1n) is 7.61. The van der Waals surface area contributed by atoms with Crippen LogP contribution in [0.2, 0.25) is 0 Å². The van der Waals surface area contributed by atoms with E-state index in [2.05, 4.69) is 4.90 Å². The average molecular weight is 251 g/mol. The Hall–Kier alpha value is -0.410. The van der Waals surface area contributed by atoms with E-state index in [0.717, 1.165) is 44.6 Å². The molecule has 3 aliphatic rings. The summed E-state index contributed by atoms with van der Waals surface area (Å²) in [5, 5.41) is 0. The third-order valence-corrected chi connectivity index (χ3v) is 5.36. The Balaban J connectivity index is 1.68. The molecule has 0 aromatic heterocycles. The molecule has 2 saturated heterocycles. The van der Waals surface area contributed by atoms with Gasteiger partial charge in [0, 0.05) is 31.2 Å². The van der Waals surface area contributed by atoms with Crippen LogP contribution in [-0.2, 0) is 9.53 Å². The molecule has 1 aliphatic carbocycles. The smallest absolute Gasteiger partial charge is 0.127 e. The third-order valence-electron chi connectivity index (χ3n) is 5.36. The van der Waals surface area contributed by atoms with Crippen LogP contribution in [0.5, 0.6) is 0 Å². The Morgan fingerprint density at radius 1 is 1.17 bits per heavy atom. The zero-order valence-electron chi connectivity index (χ0n) is 11.3. The molecule has 3 heteroatoms. The molecule has 3 fully saturated rings. The first-order chi connectivity index (χ1) is 8.83. The topological polar surface area (TPSA) is 29.5 Å². The van der Waals surface area contributed by atoms with Gasteiger partial charge in [0.05, 0.1) is 0 Å². The summed E-state index contributed by atoms with van der Waals surface area (Å²) in [6.07, 6.45) is 9.98. The Kier molecular flexibility index (Phi) is 3.71. The SMILES string of the molecule is O=CC1(CN2CCCC3CCCC32)CCOCC1. The molecule has 18 heavy (non-hydrogen) atoms. The number of carbonyl (C=O) groups is 1. The van der Waals surface area contributed by atoms with E-state index in [4.69, 9.17) is 4.74 Å². The predicted molar refractivity (Wildman–Crippen MR) is 70.5 cm³/mol. The van der Waals surface area contributed by atoms with Gasteiger partial charge in [-0.1, -0.05) is 6.42 Å². The molecular formula is C15H25NO2. The molecule has 0 spiro atoms. The lowest BCUT2D eigenvalue weighted by molar-refractivity contribution is -0.124. The van der Waals surface area contributed by atoms with E-state index in [9.17, 15) is 4.79 Å². The van der Waals surface area contributed by atoms with Crippen molar-refractivity contribution in [3.05, 3.63) is 0 Å². The lowest BCUT2D eigenvalue weighted by Gasteiger charge is -2.43. The molecule has 0 aromatic carbocycles. The number of nitrogens with zero attached hydrogens (tertiary/aromatic N) is 1. The van der Waals surface area contributed by atoms with Crippen molar-refractivity contribution in [2.45, 2.75) is 51.0 Å². The van der Waals surface area contributed by atoms with E-state index in [1.54, 1.807) is 0 Å². The van der Waals surface area contributed by atoms with Gasteiger partial charge in [0.1, 0.15) is 6.29 Å². The van der Waals surface area contributed by atoms with Gasteiger partial charge in [-0.15, -0.1) is 0 Å². The van der Waals surface area contributed by atoms with Crippen LogP contribution in [-0.4, -0.2) is 43.5 Å². The normalized spacial score (nSPS) is 36.2. The summed E-state index contributed by atoms with van der Waals surface area (Å²) in [4.78, 5) is 14.2. The molecule has 2 heterocycles. The van der Waals surface area contributed by atoms with E-state index >= 15 is 0 Å². The maximum absolute atomic E-state index is 11.6. The van der Waals surface area contributed by atoms with Crippen molar-refractivity contribution >= 4 is 6.29 Å². The summed E-state index contributed by atoms with van der Waals surface area (Å²) in [5.74, 6) is 0.919. The van der Waals surface area contributed by atoms with Crippen molar-refractivity contribution in [3.8, 4) is 0 Å². The first-order valence-corrected chi connectivity index (χ1v) is 7.61. The number of hydrogen-bond acceptors (Lipinski definition) is 3. The molecule has 0 radical (unpaired) electrons. The molecule has 3 rings (SSSR count). The van der Waals surface area contributed by atoms with E-state index in [0.29, 0.717) is 0 Å². The lowest BCUT2D eigenvalue weighted by Crippen LogP contribution is -2.50. The van der Waals surface area contributed by atoms with Crippen LogP contribution in [0.1, 0.15) is 44.9 Å². The highest BCUT2D eigenvalue weighted by atomic mass is 16.5. The molecule has 2 aliphatic heterocycles. The number of hydrogen-bond donors (Lipinski definition) is 0. The summed E-state index contributed by atoms with van der Waals surface area (Å²) in [5.41, 5.74) is -0.108. The van der Waals surface area contributed by atoms with Gasteiger partial charge in [0.15, 0.2) is 0 Å². The standard InChI is InChI=1S/C15H25NO2/c17-12-15(6-9-18-10-7-15)11-16-8-2-4-13-3-1-5-14(13)16/h12-14H,1-11H2. The second-order valence-corrected chi connectivity index (χ2v) is 6.46. The fourth-order valence-electron chi connectivity index (χ4n) is 4.25. The summed E-state index contributed by atoms with van der Waals surface area (Å²) < 4.78 is 5.42. The van der Waals surface area contributed by atoms with Crippen LogP contribution >= 0.6 is 0 Å². The van der Waals surface area contributed by atoms with E-state index < -0.39 is 0 Å². The Labute approximate surface area is 110 Å². The molecule has 102 valence electrons. The maximum Gasteiger partial charge on any atom is 0.127 e. The number of aldehydes is 1. The number of fused-ring (bicyclic) bond motifs is 1. The van der Waals surface area contributed by atoms with Gasteiger partial charge in [0.25, 0.3) is 0 Å². The number of likely N-dealkylation sites (tertiary alicyclic amines) is 1. The van der Waals surface area contributed by atoms with Crippen LogP contribution in [0.4, 0.5) is 0 Å². The number of carbonyl (C=O) groups excluding carboxylic acids is 1. The van der Waals surface area contributed by atoms with Crippen LogP contribution in [0.3, 0.4) is 0 Å². The van der Waals surface area contributed by atoms with Crippen LogP contribution in [0.15, 0.2) is 0 Å². The predicted octanol–water partition coefficient (Wildman–Crippen LogP) is 2.25. The minimum atomic E-state index is -0.108. The molecule has 2 atom stereocenters. The highest BCUT2D eigenvalue weighted by molar-refractivity contribution is 5.60. The summed E-state index contributed by atoms with van der Waals surface area (Å²) >= 11 is 0. The van der Waals surface area contributed by atoms with Crippen LogP contribution < -0.4 is 0 Å². The summed E-state index contributed by atoms with van der Waals surface area (Å²) in [6.45, 7) is 3.72. The molecular weight excluding hydrogens is 226 g/mol. The molecule has 1 saturated carbocycles. The van der Waals surface area contributed by atoms with E-state index in [1.165, 1.54) is 44.9 Å². The highest BCUT2D eigenvalue weighted by Gasteiger charge is 2.40. The van der Waals surface area contributed by atoms with Crippen molar-refractivity contribution < 1.29 is 9.53 Å². The fraction of sp³-hybridized carbons (Fsp3) is 0.933. The van der Waals surface area contributed by atoms with E-state index in [-0.39, 0.29) is 5.41 Å². The van der Waals surface area contributed by atoms with Crippen LogP contribution in [0, 0.1) is 11.3 Å². The Morgan fingerprint density at radius 3 is 2.72 bits per heavy atom. The zero-order valence-corrected chi connectivity index (χ0v) is 11.3. The quantitative estimate of drug-likeness (QED) is 0.721. The molecule has 2 unspecified atom stereocenters. The minimum Gasteiger partial charge on any atom is -0.381 e. The molecule has 0 N–H and O–H groups in total. The molecule has 3 nitrogen and oxygen atoms in total. The second-order valence-electron chi connectivity index (χ2n) is 6.46. The van der Waals surface area contributed by atoms with Gasteiger partial charge in [0.2, 0.25) is 0 Å². The maximum atomic E-state index is 11.6. The summed E-state index contributed by atoms with van der Waals surface area (Å²) in [6, 6.07) is 0.776. The van der Waals surface area contributed by atoms with Gasteiger partial charge in [-0.3, -0.25) is 4.90 Å². The molecule has 0 amide bonds. The third kappa shape index (κ3) is 2.35. The minimum absolute atomic E-state index is 0.108. The number of ether oxygens (including phenoxy) is 1. The number of piperidine rings is 1. The molecule has 0 bridgehead atoms.